The van der Waals surface area contributed by atoms with Crippen LogP contribution in [0.15, 0.2) is 12.1 Å². The third-order valence-corrected chi connectivity index (χ3v) is 1.68. The van der Waals surface area contributed by atoms with Gasteiger partial charge in [-0.15, -0.1) is 0 Å². The van der Waals surface area contributed by atoms with E-state index in [2.05, 4.69) is 4.74 Å². The number of carbonyl (C=O) groups is 1. The second kappa shape index (κ2) is 4.20. The zero-order valence-electron chi connectivity index (χ0n) is 7.76. The van der Waals surface area contributed by atoms with Gasteiger partial charge in [-0.05, 0) is 6.92 Å². The van der Waals surface area contributed by atoms with Crippen LogP contribution in [0.4, 0.5) is 13.2 Å². The van der Waals surface area contributed by atoms with Gasteiger partial charge in [0, 0.05) is 12.1 Å². The van der Waals surface area contributed by atoms with Crippen LogP contribution in [0.3, 0.4) is 0 Å². The molecule has 0 aliphatic heterocycles. The van der Waals surface area contributed by atoms with Gasteiger partial charge in [0.2, 0.25) is 0 Å². The SMILES string of the molecule is CC(Oc1cc(F)c(F)cc1F)C(N)=O. The van der Waals surface area contributed by atoms with Crippen molar-refractivity contribution in [2.24, 2.45) is 5.73 Å². The van der Waals surface area contributed by atoms with Gasteiger partial charge in [0.25, 0.3) is 5.91 Å². The van der Waals surface area contributed by atoms with E-state index in [0.717, 1.165) is 0 Å². The number of hydrogen-bond acceptors (Lipinski definition) is 2. The number of nitrogens with two attached hydrogens (primary N) is 1. The number of hydrogen-bond donors (Lipinski definition) is 1. The lowest BCUT2D eigenvalue weighted by Crippen LogP contribution is -2.31. The first-order valence-corrected chi connectivity index (χ1v) is 4.02. The number of primary amides is 1. The van der Waals surface area contributed by atoms with E-state index >= 15 is 0 Å². The summed E-state index contributed by atoms with van der Waals surface area (Å²) in [4.78, 5) is 10.6. The fraction of sp³-hybridized carbons (Fsp3) is 0.222. The standard InChI is InChI=1S/C9H8F3NO2/c1-4(9(13)14)15-8-3-6(11)5(10)2-7(8)12/h2-4H,1H3,(H2,13,14). The van der Waals surface area contributed by atoms with Gasteiger partial charge in [0.05, 0.1) is 0 Å². The average Bonchev–Trinajstić information content (AvgIpc) is 2.13. The second-order valence-corrected chi connectivity index (χ2v) is 2.86. The summed E-state index contributed by atoms with van der Waals surface area (Å²) in [5.41, 5.74) is 4.85. The number of amides is 1. The summed E-state index contributed by atoms with van der Waals surface area (Å²) in [6, 6.07) is 0.850. The Bertz CT molecular complexity index is 395. The fourth-order valence-electron chi connectivity index (χ4n) is 0.843. The van der Waals surface area contributed by atoms with Crippen molar-refractivity contribution in [3.8, 4) is 5.75 Å². The van der Waals surface area contributed by atoms with Gasteiger partial charge in [0.15, 0.2) is 29.3 Å². The van der Waals surface area contributed by atoms with Crippen LogP contribution in [-0.4, -0.2) is 12.0 Å². The Morgan fingerprint density at radius 2 is 1.80 bits per heavy atom. The molecule has 1 unspecified atom stereocenters. The fourth-order valence-corrected chi connectivity index (χ4v) is 0.843. The van der Waals surface area contributed by atoms with Crippen molar-refractivity contribution in [1.82, 2.24) is 0 Å². The monoisotopic (exact) mass is 219 g/mol. The molecule has 0 aromatic heterocycles. The highest BCUT2D eigenvalue weighted by atomic mass is 19.2. The van der Waals surface area contributed by atoms with Gasteiger partial charge in [-0.2, -0.15) is 0 Å². The van der Waals surface area contributed by atoms with Crippen molar-refractivity contribution < 1.29 is 22.7 Å². The first kappa shape index (κ1) is 11.4. The molecule has 15 heavy (non-hydrogen) atoms. The lowest BCUT2D eigenvalue weighted by Gasteiger charge is -2.11. The van der Waals surface area contributed by atoms with Crippen molar-refractivity contribution in [1.29, 1.82) is 0 Å². The summed E-state index contributed by atoms with van der Waals surface area (Å²) < 4.78 is 42.8. The molecule has 82 valence electrons. The summed E-state index contributed by atoms with van der Waals surface area (Å²) in [5.74, 6) is -5.07. The Kier molecular flexibility index (Phi) is 3.18. The topological polar surface area (TPSA) is 52.3 Å². The second-order valence-electron chi connectivity index (χ2n) is 2.86. The molecule has 6 heteroatoms. The zero-order valence-corrected chi connectivity index (χ0v) is 7.76. The number of rotatable bonds is 3. The van der Waals surface area contributed by atoms with E-state index in [-0.39, 0.29) is 0 Å². The highest BCUT2D eigenvalue weighted by Gasteiger charge is 2.16. The molecule has 1 aromatic carbocycles. The summed E-state index contributed by atoms with van der Waals surface area (Å²) in [5, 5.41) is 0. The van der Waals surface area contributed by atoms with Gasteiger partial charge in [-0.3, -0.25) is 4.79 Å². The molecule has 3 nitrogen and oxygen atoms in total. The van der Waals surface area contributed by atoms with Crippen LogP contribution in [0.2, 0.25) is 0 Å². The zero-order chi connectivity index (χ0) is 11.6. The van der Waals surface area contributed by atoms with Gasteiger partial charge in [-0.1, -0.05) is 0 Å². The highest BCUT2D eigenvalue weighted by Crippen LogP contribution is 2.21. The first-order valence-electron chi connectivity index (χ1n) is 4.02. The maximum atomic E-state index is 13.0. The predicted molar refractivity (Wildman–Crippen MR) is 45.6 cm³/mol. The summed E-state index contributed by atoms with van der Waals surface area (Å²) in [6.45, 7) is 1.27. The summed E-state index contributed by atoms with van der Waals surface area (Å²) in [7, 11) is 0. The molecule has 1 aromatic rings. The molecule has 1 atom stereocenters. The minimum absolute atomic E-state index is 0.332. The van der Waals surface area contributed by atoms with E-state index in [9.17, 15) is 18.0 Å². The molecule has 0 aliphatic rings. The molecule has 1 amide bonds. The van der Waals surface area contributed by atoms with Gasteiger partial charge in [-0.25, -0.2) is 13.2 Å². The smallest absolute Gasteiger partial charge is 0.258 e. The molecule has 0 spiro atoms. The number of benzene rings is 1. The quantitative estimate of drug-likeness (QED) is 0.780. The van der Waals surface area contributed by atoms with Gasteiger partial charge in [0.1, 0.15) is 0 Å². The van der Waals surface area contributed by atoms with Crippen LogP contribution in [0, 0.1) is 17.5 Å². The van der Waals surface area contributed by atoms with Gasteiger partial charge >= 0.3 is 0 Å². The van der Waals surface area contributed by atoms with Crippen LogP contribution in [-0.2, 0) is 4.79 Å². The van der Waals surface area contributed by atoms with E-state index in [0.29, 0.717) is 12.1 Å². The average molecular weight is 219 g/mol. The third-order valence-electron chi connectivity index (χ3n) is 1.68. The highest BCUT2D eigenvalue weighted by molar-refractivity contribution is 5.78. The van der Waals surface area contributed by atoms with E-state index < -0.39 is 35.2 Å². The van der Waals surface area contributed by atoms with Crippen molar-refractivity contribution in [2.45, 2.75) is 13.0 Å². The minimum atomic E-state index is -1.33. The van der Waals surface area contributed by atoms with Crippen LogP contribution in [0.25, 0.3) is 0 Å². The van der Waals surface area contributed by atoms with E-state index in [4.69, 9.17) is 5.73 Å². The molecule has 0 aliphatic carbocycles. The Morgan fingerprint density at radius 1 is 1.27 bits per heavy atom. The first-order chi connectivity index (χ1) is 6.91. The molecule has 0 radical (unpaired) electrons. The lowest BCUT2D eigenvalue weighted by atomic mass is 10.3. The molecule has 0 heterocycles. The van der Waals surface area contributed by atoms with E-state index in [1.54, 1.807) is 0 Å². The number of halogens is 3. The molecule has 0 bridgehead atoms. The Balaban J connectivity index is 2.95. The molecule has 0 fully saturated rings. The van der Waals surface area contributed by atoms with E-state index in [1.807, 2.05) is 0 Å². The number of ether oxygens (including phenoxy) is 1. The Labute approximate surface area is 83.6 Å². The lowest BCUT2D eigenvalue weighted by molar-refractivity contribution is -0.124. The Hall–Kier alpha value is -1.72. The molecular weight excluding hydrogens is 211 g/mol. The maximum absolute atomic E-state index is 13.0. The van der Waals surface area contributed by atoms with Crippen molar-refractivity contribution in [3.63, 3.8) is 0 Å². The van der Waals surface area contributed by atoms with Gasteiger partial charge < -0.3 is 10.5 Å². The molecular formula is C9H8F3NO2. The molecule has 1 rings (SSSR count). The largest absolute Gasteiger partial charge is 0.478 e. The molecule has 2 N–H and O–H groups in total. The molecule has 0 saturated carbocycles. The van der Waals surface area contributed by atoms with Crippen LogP contribution in [0.1, 0.15) is 6.92 Å². The maximum Gasteiger partial charge on any atom is 0.258 e. The van der Waals surface area contributed by atoms with Crippen LogP contribution < -0.4 is 10.5 Å². The summed E-state index contributed by atoms with van der Waals surface area (Å²) >= 11 is 0. The van der Waals surface area contributed by atoms with Crippen LogP contribution >= 0.6 is 0 Å². The van der Waals surface area contributed by atoms with E-state index in [1.165, 1.54) is 6.92 Å². The predicted octanol–water partition coefficient (Wildman–Crippen LogP) is 1.36. The Morgan fingerprint density at radius 3 is 2.33 bits per heavy atom. The number of carbonyl (C=O) groups excluding carboxylic acids is 1. The molecule has 0 saturated heterocycles. The minimum Gasteiger partial charge on any atom is -0.478 e. The van der Waals surface area contributed by atoms with Crippen molar-refractivity contribution >= 4 is 5.91 Å². The van der Waals surface area contributed by atoms with Crippen molar-refractivity contribution in [3.05, 3.63) is 29.6 Å². The third kappa shape index (κ3) is 2.61. The van der Waals surface area contributed by atoms with Crippen molar-refractivity contribution in [2.75, 3.05) is 0 Å². The normalized spacial score (nSPS) is 12.3. The van der Waals surface area contributed by atoms with Crippen LogP contribution in [0.5, 0.6) is 5.75 Å². The summed E-state index contributed by atoms with van der Waals surface area (Å²) in [6.07, 6.45) is -1.12.